The standard InChI is InChI=1S/C14H23BrN2S/c1-3-17-7-4-12(5-8-17)10-16-11(2)14-13(15)6-9-18-14/h6,9,11-12,16H,3-5,7-8,10H2,1-2H3. The van der Waals surface area contributed by atoms with Gasteiger partial charge in [-0.1, -0.05) is 6.92 Å². The molecule has 1 atom stereocenters. The Labute approximate surface area is 123 Å². The summed E-state index contributed by atoms with van der Waals surface area (Å²) in [6.45, 7) is 9.44. The average Bonchev–Trinajstić information content (AvgIpc) is 2.83. The zero-order valence-corrected chi connectivity index (χ0v) is 13.7. The number of thiophene rings is 1. The van der Waals surface area contributed by atoms with E-state index in [4.69, 9.17) is 0 Å². The summed E-state index contributed by atoms with van der Waals surface area (Å²) in [5.41, 5.74) is 0. The van der Waals surface area contributed by atoms with Crippen molar-refractivity contribution >= 4 is 27.3 Å². The van der Waals surface area contributed by atoms with Gasteiger partial charge in [0.15, 0.2) is 0 Å². The van der Waals surface area contributed by atoms with Crippen LogP contribution in [-0.4, -0.2) is 31.1 Å². The number of nitrogens with one attached hydrogen (secondary N) is 1. The van der Waals surface area contributed by atoms with Crippen LogP contribution in [0.5, 0.6) is 0 Å². The highest BCUT2D eigenvalue weighted by Crippen LogP contribution is 2.29. The fraction of sp³-hybridized carbons (Fsp3) is 0.714. The molecule has 4 heteroatoms. The van der Waals surface area contributed by atoms with Crippen molar-refractivity contribution in [2.24, 2.45) is 5.92 Å². The lowest BCUT2D eigenvalue weighted by Crippen LogP contribution is -2.37. The molecule has 0 radical (unpaired) electrons. The number of rotatable bonds is 5. The number of hydrogen-bond donors (Lipinski definition) is 1. The molecule has 18 heavy (non-hydrogen) atoms. The Morgan fingerprint density at radius 3 is 2.78 bits per heavy atom. The first-order chi connectivity index (χ1) is 8.70. The van der Waals surface area contributed by atoms with E-state index in [-0.39, 0.29) is 0 Å². The Bertz CT molecular complexity index is 358. The third-order valence-corrected chi connectivity index (χ3v) is 5.96. The van der Waals surface area contributed by atoms with Gasteiger partial charge in [-0.15, -0.1) is 11.3 Å². The molecule has 1 aromatic rings. The van der Waals surface area contributed by atoms with Crippen LogP contribution in [0, 0.1) is 5.92 Å². The monoisotopic (exact) mass is 330 g/mol. The maximum Gasteiger partial charge on any atom is 0.0397 e. The van der Waals surface area contributed by atoms with Crippen molar-refractivity contribution in [1.82, 2.24) is 10.2 Å². The smallest absolute Gasteiger partial charge is 0.0397 e. The number of hydrogen-bond acceptors (Lipinski definition) is 3. The summed E-state index contributed by atoms with van der Waals surface area (Å²) in [6, 6.07) is 2.60. The second-order valence-corrected chi connectivity index (χ2v) is 6.94. The first-order valence-electron chi connectivity index (χ1n) is 6.89. The van der Waals surface area contributed by atoms with Gasteiger partial charge in [0.25, 0.3) is 0 Å². The van der Waals surface area contributed by atoms with Gasteiger partial charge in [-0.25, -0.2) is 0 Å². The first-order valence-corrected chi connectivity index (χ1v) is 8.56. The Morgan fingerprint density at radius 1 is 1.50 bits per heavy atom. The van der Waals surface area contributed by atoms with E-state index in [0.717, 1.165) is 12.5 Å². The summed E-state index contributed by atoms with van der Waals surface area (Å²) in [5, 5.41) is 5.84. The second kappa shape index (κ2) is 7.04. The SMILES string of the molecule is CCN1CCC(CNC(C)c2sccc2Br)CC1. The molecule has 0 amide bonds. The lowest BCUT2D eigenvalue weighted by Gasteiger charge is -2.31. The minimum Gasteiger partial charge on any atom is -0.309 e. The summed E-state index contributed by atoms with van der Waals surface area (Å²) in [6.07, 6.45) is 2.69. The van der Waals surface area contributed by atoms with E-state index in [9.17, 15) is 0 Å². The van der Waals surface area contributed by atoms with E-state index in [1.165, 1.54) is 41.8 Å². The second-order valence-electron chi connectivity index (χ2n) is 5.14. The third kappa shape index (κ3) is 3.80. The molecule has 1 unspecified atom stereocenters. The number of likely N-dealkylation sites (tertiary alicyclic amines) is 1. The van der Waals surface area contributed by atoms with E-state index in [1.807, 2.05) is 11.3 Å². The van der Waals surface area contributed by atoms with Crippen LogP contribution in [0.2, 0.25) is 0 Å². The number of halogens is 1. The van der Waals surface area contributed by atoms with Crippen molar-refractivity contribution < 1.29 is 0 Å². The lowest BCUT2D eigenvalue weighted by molar-refractivity contribution is 0.188. The van der Waals surface area contributed by atoms with Gasteiger partial charge in [-0.05, 0) is 79.2 Å². The molecule has 0 aromatic carbocycles. The zero-order valence-electron chi connectivity index (χ0n) is 11.3. The number of piperidine rings is 1. The Balaban J connectivity index is 1.74. The lowest BCUT2D eigenvalue weighted by atomic mass is 9.96. The molecule has 1 aliphatic heterocycles. The molecule has 0 bridgehead atoms. The summed E-state index contributed by atoms with van der Waals surface area (Å²) >= 11 is 5.44. The van der Waals surface area contributed by atoms with Gasteiger partial charge in [0.05, 0.1) is 0 Å². The molecule has 2 nitrogen and oxygen atoms in total. The van der Waals surface area contributed by atoms with Gasteiger partial charge in [-0.2, -0.15) is 0 Å². The van der Waals surface area contributed by atoms with Crippen molar-refractivity contribution in [2.75, 3.05) is 26.2 Å². The summed E-state index contributed by atoms with van der Waals surface area (Å²) in [5.74, 6) is 0.856. The molecule has 1 aliphatic rings. The largest absolute Gasteiger partial charge is 0.309 e. The van der Waals surface area contributed by atoms with Crippen LogP contribution in [0.15, 0.2) is 15.9 Å². The molecule has 2 rings (SSSR count). The molecule has 1 aromatic heterocycles. The highest BCUT2D eigenvalue weighted by molar-refractivity contribution is 9.10. The normalized spacial score (nSPS) is 20.2. The molecule has 1 saturated heterocycles. The van der Waals surface area contributed by atoms with Crippen LogP contribution >= 0.6 is 27.3 Å². The fourth-order valence-electron chi connectivity index (χ4n) is 2.56. The van der Waals surface area contributed by atoms with E-state index in [2.05, 4.69) is 51.4 Å². The Morgan fingerprint density at radius 2 is 2.22 bits per heavy atom. The Kier molecular flexibility index (Phi) is 5.67. The first kappa shape index (κ1) is 14.5. The van der Waals surface area contributed by atoms with Crippen LogP contribution < -0.4 is 5.32 Å². The van der Waals surface area contributed by atoms with Gasteiger partial charge in [0, 0.05) is 15.4 Å². The van der Waals surface area contributed by atoms with Gasteiger partial charge in [0.2, 0.25) is 0 Å². The van der Waals surface area contributed by atoms with Crippen LogP contribution in [0.1, 0.15) is 37.6 Å². The minimum absolute atomic E-state index is 0.462. The highest BCUT2D eigenvalue weighted by Gasteiger charge is 2.19. The summed E-state index contributed by atoms with van der Waals surface area (Å²) in [7, 11) is 0. The maximum atomic E-state index is 3.69. The van der Waals surface area contributed by atoms with Crippen molar-refractivity contribution in [3.05, 3.63) is 20.8 Å². The van der Waals surface area contributed by atoms with E-state index in [0.29, 0.717) is 6.04 Å². The fourth-order valence-corrected chi connectivity index (χ4v) is 4.31. The van der Waals surface area contributed by atoms with Crippen LogP contribution in [0.4, 0.5) is 0 Å². The minimum atomic E-state index is 0.462. The summed E-state index contributed by atoms with van der Waals surface area (Å²) in [4.78, 5) is 3.97. The van der Waals surface area contributed by atoms with E-state index in [1.54, 1.807) is 0 Å². The zero-order chi connectivity index (χ0) is 13.0. The summed E-state index contributed by atoms with van der Waals surface area (Å²) < 4.78 is 1.24. The van der Waals surface area contributed by atoms with Crippen molar-refractivity contribution in [3.8, 4) is 0 Å². The molecule has 0 spiro atoms. The topological polar surface area (TPSA) is 15.3 Å². The predicted octanol–water partition coefficient (Wildman–Crippen LogP) is 3.89. The molecule has 102 valence electrons. The molecule has 1 fully saturated rings. The number of nitrogens with zero attached hydrogens (tertiary/aromatic N) is 1. The molecule has 2 heterocycles. The van der Waals surface area contributed by atoms with Crippen molar-refractivity contribution in [2.45, 2.75) is 32.7 Å². The molecule has 1 N–H and O–H groups in total. The Hall–Kier alpha value is 0.100. The maximum absolute atomic E-state index is 3.69. The van der Waals surface area contributed by atoms with Crippen molar-refractivity contribution in [3.63, 3.8) is 0 Å². The van der Waals surface area contributed by atoms with Gasteiger partial charge >= 0.3 is 0 Å². The van der Waals surface area contributed by atoms with Gasteiger partial charge in [0.1, 0.15) is 0 Å². The van der Waals surface area contributed by atoms with Crippen molar-refractivity contribution in [1.29, 1.82) is 0 Å². The predicted molar refractivity (Wildman–Crippen MR) is 83.3 cm³/mol. The van der Waals surface area contributed by atoms with E-state index < -0.39 is 0 Å². The molecule has 0 aliphatic carbocycles. The van der Waals surface area contributed by atoms with Crippen LogP contribution in [0.3, 0.4) is 0 Å². The molecular formula is C14H23BrN2S. The quantitative estimate of drug-likeness (QED) is 0.880. The van der Waals surface area contributed by atoms with Crippen LogP contribution in [-0.2, 0) is 0 Å². The highest BCUT2D eigenvalue weighted by atomic mass is 79.9. The van der Waals surface area contributed by atoms with Crippen LogP contribution in [0.25, 0.3) is 0 Å². The van der Waals surface area contributed by atoms with Gasteiger partial charge < -0.3 is 10.2 Å². The van der Waals surface area contributed by atoms with E-state index >= 15 is 0 Å². The molecular weight excluding hydrogens is 308 g/mol. The average molecular weight is 331 g/mol. The molecule has 0 saturated carbocycles. The third-order valence-electron chi connectivity index (χ3n) is 3.91. The van der Waals surface area contributed by atoms with Gasteiger partial charge in [-0.3, -0.25) is 0 Å².